The van der Waals surface area contributed by atoms with Crippen LogP contribution in [0.4, 0.5) is 39.2 Å². The van der Waals surface area contributed by atoms with Crippen LogP contribution in [0, 0.1) is 20.8 Å². The number of ether oxygens (including phenoxy) is 1. The van der Waals surface area contributed by atoms with Crippen molar-refractivity contribution < 1.29 is 9.53 Å². The van der Waals surface area contributed by atoms with E-state index in [1.807, 2.05) is 80.6 Å². The molecule has 0 aliphatic rings. The van der Waals surface area contributed by atoms with E-state index >= 15 is 0 Å². The van der Waals surface area contributed by atoms with Crippen molar-refractivity contribution in [1.29, 1.82) is 0 Å². The minimum absolute atomic E-state index is 0.322. The van der Waals surface area contributed by atoms with Crippen LogP contribution in [0.3, 0.4) is 0 Å². The lowest BCUT2D eigenvalue weighted by atomic mass is 10.2. The van der Waals surface area contributed by atoms with Crippen LogP contribution in [0.2, 0.25) is 0 Å². The molecule has 4 rings (SSSR count). The molecule has 0 aliphatic heterocycles. The van der Waals surface area contributed by atoms with Crippen molar-refractivity contribution in [2.75, 3.05) is 28.4 Å². The van der Waals surface area contributed by atoms with Gasteiger partial charge in [-0.1, -0.05) is 17.7 Å². The van der Waals surface area contributed by atoms with Gasteiger partial charge >= 0.3 is 6.03 Å². The van der Waals surface area contributed by atoms with E-state index < -0.39 is 0 Å². The molecule has 0 bridgehead atoms. The fraction of sp³-hybridized carbons (Fsp3) is 0.148. The quantitative estimate of drug-likeness (QED) is 0.246. The Kier molecular flexibility index (Phi) is 7.11. The first-order valence-electron chi connectivity index (χ1n) is 11.2. The van der Waals surface area contributed by atoms with Crippen LogP contribution in [0.1, 0.15) is 17.0 Å². The van der Waals surface area contributed by atoms with E-state index in [0.29, 0.717) is 23.1 Å². The second-order valence-electron chi connectivity index (χ2n) is 8.14. The molecule has 0 fully saturated rings. The molecule has 0 aliphatic carbocycles. The molecule has 178 valence electrons. The van der Waals surface area contributed by atoms with Crippen molar-refractivity contribution in [2.24, 2.45) is 0 Å². The van der Waals surface area contributed by atoms with Crippen LogP contribution in [0.25, 0.3) is 0 Å². The van der Waals surface area contributed by atoms with Gasteiger partial charge in [0.1, 0.15) is 23.2 Å². The normalized spacial score (nSPS) is 10.4. The second-order valence-corrected chi connectivity index (χ2v) is 8.14. The van der Waals surface area contributed by atoms with Gasteiger partial charge in [-0.3, -0.25) is 0 Å². The number of carbonyl (C=O) groups excluding carboxylic acids is 1. The van der Waals surface area contributed by atoms with Crippen molar-refractivity contribution >= 4 is 40.4 Å². The number of methoxy groups -OCH3 is 1. The van der Waals surface area contributed by atoms with Gasteiger partial charge in [-0.25, -0.2) is 14.8 Å². The SMILES string of the molecule is COc1ccc(NC(=O)Nc2ccc(Nc3cc(Nc4ccc(C)cc4)nc(C)n3)cc2)c(C)c1. The molecule has 0 radical (unpaired) electrons. The van der Waals surface area contributed by atoms with Crippen molar-refractivity contribution in [3.05, 3.63) is 89.7 Å². The van der Waals surface area contributed by atoms with Gasteiger partial charge in [0.2, 0.25) is 0 Å². The maximum atomic E-state index is 12.4. The summed E-state index contributed by atoms with van der Waals surface area (Å²) in [5, 5.41) is 12.3. The van der Waals surface area contributed by atoms with E-state index in [4.69, 9.17) is 4.74 Å². The molecule has 0 saturated carbocycles. The third-order valence-corrected chi connectivity index (χ3v) is 5.26. The molecule has 0 saturated heterocycles. The first-order valence-corrected chi connectivity index (χ1v) is 11.2. The first-order chi connectivity index (χ1) is 16.9. The Morgan fingerprint density at radius 3 is 1.86 bits per heavy atom. The number of aryl methyl sites for hydroxylation is 3. The molecule has 1 heterocycles. The fourth-order valence-corrected chi connectivity index (χ4v) is 3.45. The van der Waals surface area contributed by atoms with E-state index in [0.717, 1.165) is 28.4 Å². The van der Waals surface area contributed by atoms with Crippen LogP contribution >= 0.6 is 0 Å². The summed E-state index contributed by atoms with van der Waals surface area (Å²) in [6, 6.07) is 22.5. The van der Waals surface area contributed by atoms with Gasteiger partial charge in [0.25, 0.3) is 0 Å². The third kappa shape index (κ3) is 6.48. The summed E-state index contributed by atoms with van der Waals surface area (Å²) in [5.41, 5.74) is 5.29. The van der Waals surface area contributed by atoms with Gasteiger partial charge in [0.05, 0.1) is 7.11 Å². The zero-order valence-corrected chi connectivity index (χ0v) is 20.1. The summed E-state index contributed by atoms with van der Waals surface area (Å²) in [4.78, 5) is 21.4. The molecular formula is C27H28N6O2. The molecule has 8 nitrogen and oxygen atoms in total. The van der Waals surface area contributed by atoms with Crippen molar-refractivity contribution in [3.8, 4) is 5.75 Å². The Bertz CT molecular complexity index is 1320. The number of nitrogens with one attached hydrogen (secondary N) is 4. The molecule has 2 amide bonds. The summed E-state index contributed by atoms with van der Waals surface area (Å²) in [5.74, 6) is 2.76. The summed E-state index contributed by atoms with van der Waals surface area (Å²) in [6.07, 6.45) is 0. The summed E-state index contributed by atoms with van der Waals surface area (Å²) >= 11 is 0. The number of rotatable bonds is 7. The number of benzene rings is 3. The average molecular weight is 469 g/mol. The second kappa shape index (κ2) is 10.6. The summed E-state index contributed by atoms with van der Waals surface area (Å²) in [7, 11) is 1.61. The lowest BCUT2D eigenvalue weighted by Gasteiger charge is -2.12. The predicted octanol–water partition coefficient (Wildman–Crippen LogP) is 6.54. The Morgan fingerprint density at radius 1 is 0.714 bits per heavy atom. The van der Waals surface area contributed by atoms with Gasteiger partial charge in [-0.2, -0.15) is 0 Å². The number of amides is 2. The summed E-state index contributed by atoms with van der Waals surface area (Å²) in [6.45, 7) is 5.81. The zero-order valence-electron chi connectivity index (χ0n) is 20.1. The lowest BCUT2D eigenvalue weighted by molar-refractivity contribution is 0.262. The van der Waals surface area contributed by atoms with Crippen LogP contribution in [0.15, 0.2) is 72.8 Å². The topological polar surface area (TPSA) is 100 Å². The van der Waals surface area contributed by atoms with E-state index in [9.17, 15) is 4.79 Å². The molecule has 1 aromatic heterocycles. The lowest BCUT2D eigenvalue weighted by Crippen LogP contribution is -2.19. The first kappa shape index (κ1) is 23.6. The standard InChI is InChI=1S/C27H28N6O2/c1-17-5-7-20(8-6-17)30-25-16-26(29-19(3)28-25)31-21-9-11-22(12-10-21)32-27(34)33-24-14-13-23(35-4)15-18(24)2/h5-16H,1-4H3,(H2,32,33,34)(H2,28,29,30,31). The van der Waals surface area contributed by atoms with E-state index in [2.05, 4.69) is 38.2 Å². The number of carbonyl (C=O) groups is 1. The van der Waals surface area contributed by atoms with Gasteiger partial charge in [-0.05, 0) is 80.9 Å². The molecule has 3 aromatic carbocycles. The predicted molar refractivity (Wildman–Crippen MR) is 141 cm³/mol. The molecule has 4 N–H and O–H groups in total. The molecular weight excluding hydrogens is 440 g/mol. The Labute approximate surface area is 204 Å². The highest BCUT2D eigenvalue weighted by atomic mass is 16.5. The number of hydrogen-bond acceptors (Lipinski definition) is 6. The average Bonchev–Trinajstić information content (AvgIpc) is 2.83. The highest BCUT2D eigenvalue weighted by Gasteiger charge is 2.07. The molecule has 0 spiro atoms. The van der Waals surface area contributed by atoms with Crippen LogP contribution in [-0.2, 0) is 0 Å². The molecule has 8 heteroatoms. The van der Waals surface area contributed by atoms with E-state index in [1.165, 1.54) is 5.56 Å². The van der Waals surface area contributed by atoms with Gasteiger partial charge < -0.3 is 26.0 Å². The van der Waals surface area contributed by atoms with E-state index in [1.54, 1.807) is 13.2 Å². The zero-order chi connectivity index (χ0) is 24.8. The number of urea groups is 1. The molecule has 35 heavy (non-hydrogen) atoms. The smallest absolute Gasteiger partial charge is 0.323 e. The number of nitrogens with zero attached hydrogens (tertiary/aromatic N) is 2. The molecule has 0 atom stereocenters. The van der Waals surface area contributed by atoms with Gasteiger partial charge in [0, 0.05) is 28.8 Å². The minimum Gasteiger partial charge on any atom is -0.497 e. The molecule has 0 unspecified atom stereocenters. The Hall–Kier alpha value is -4.59. The van der Waals surface area contributed by atoms with Crippen LogP contribution < -0.4 is 26.0 Å². The highest BCUT2D eigenvalue weighted by Crippen LogP contribution is 2.23. The van der Waals surface area contributed by atoms with Crippen molar-refractivity contribution in [2.45, 2.75) is 20.8 Å². The number of hydrogen-bond donors (Lipinski definition) is 4. The molecule has 4 aromatic rings. The minimum atomic E-state index is -0.322. The fourth-order valence-electron chi connectivity index (χ4n) is 3.45. The highest BCUT2D eigenvalue weighted by molar-refractivity contribution is 6.00. The number of aromatic nitrogens is 2. The Morgan fingerprint density at radius 2 is 1.29 bits per heavy atom. The maximum absolute atomic E-state index is 12.4. The van der Waals surface area contributed by atoms with Crippen molar-refractivity contribution in [1.82, 2.24) is 9.97 Å². The van der Waals surface area contributed by atoms with Crippen LogP contribution in [-0.4, -0.2) is 23.1 Å². The number of anilines is 6. The van der Waals surface area contributed by atoms with E-state index in [-0.39, 0.29) is 6.03 Å². The largest absolute Gasteiger partial charge is 0.497 e. The monoisotopic (exact) mass is 468 g/mol. The van der Waals surface area contributed by atoms with Gasteiger partial charge in [0.15, 0.2) is 0 Å². The summed E-state index contributed by atoms with van der Waals surface area (Å²) < 4.78 is 5.20. The van der Waals surface area contributed by atoms with Crippen molar-refractivity contribution in [3.63, 3.8) is 0 Å². The van der Waals surface area contributed by atoms with Gasteiger partial charge in [-0.15, -0.1) is 0 Å². The third-order valence-electron chi connectivity index (χ3n) is 5.26. The maximum Gasteiger partial charge on any atom is 0.323 e. The Balaban J connectivity index is 1.38. The van der Waals surface area contributed by atoms with Crippen LogP contribution in [0.5, 0.6) is 5.75 Å².